The zero-order valence-corrected chi connectivity index (χ0v) is 9.50. The van der Waals surface area contributed by atoms with Gasteiger partial charge in [0.05, 0.1) is 5.56 Å². The van der Waals surface area contributed by atoms with E-state index in [9.17, 15) is 9.18 Å². The van der Waals surface area contributed by atoms with Gasteiger partial charge >= 0.3 is 5.97 Å². The molecule has 0 amide bonds. The number of carbonyl (C=O) groups excluding carboxylic acids is 1. The number of hydrogen-bond acceptors (Lipinski definition) is 3. The third-order valence-corrected chi connectivity index (χ3v) is 2.42. The van der Waals surface area contributed by atoms with Gasteiger partial charge in [-0.3, -0.25) is 0 Å². The summed E-state index contributed by atoms with van der Waals surface area (Å²) in [5.41, 5.74) is 5.90. The minimum Gasteiger partial charge on any atom is -0.459 e. The quantitative estimate of drug-likeness (QED) is 0.633. The minimum atomic E-state index is -0.564. The van der Waals surface area contributed by atoms with Gasteiger partial charge in [0, 0.05) is 5.69 Å². The van der Waals surface area contributed by atoms with Crippen molar-refractivity contribution < 1.29 is 13.9 Å². The zero-order valence-electron chi connectivity index (χ0n) is 9.50. The highest BCUT2D eigenvalue weighted by Gasteiger charge is 2.16. The fourth-order valence-electron chi connectivity index (χ4n) is 1.38. The summed E-state index contributed by atoms with van der Waals surface area (Å²) in [7, 11) is 0. The fourth-order valence-corrected chi connectivity index (χ4v) is 1.38. The number of esters is 1. The molecule has 4 heteroatoms. The maximum Gasteiger partial charge on any atom is 0.340 e. The number of anilines is 1. The average molecular weight is 225 g/mol. The molecule has 0 atom stereocenters. The summed E-state index contributed by atoms with van der Waals surface area (Å²) in [6.07, 6.45) is 1.32. The molecule has 0 aliphatic rings. The predicted octanol–water partition coefficient (Wildman–Crippen LogP) is 2.75. The van der Waals surface area contributed by atoms with Gasteiger partial charge in [-0.2, -0.15) is 0 Å². The lowest BCUT2D eigenvalue weighted by molar-refractivity contribution is 0.0285. The first-order chi connectivity index (χ1) is 7.58. The molecule has 0 aliphatic heterocycles. The van der Waals surface area contributed by atoms with Crippen molar-refractivity contribution in [3.63, 3.8) is 0 Å². The van der Waals surface area contributed by atoms with Crippen molar-refractivity contribution >= 4 is 11.7 Å². The first-order valence-electron chi connectivity index (χ1n) is 5.34. The predicted molar refractivity (Wildman–Crippen MR) is 60.6 cm³/mol. The maximum absolute atomic E-state index is 12.9. The van der Waals surface area contributed by atoms with Gasteiger partial charge in [-0.25, -0.2) is 9.18 Å². The SMILES string of the molecule is CCC(CC)OC(=O)c1cc(F)ccc1N. The second-order valence-electron chi connectivity index (χ2n) is 3.58. The molecule has 0 fully saturated rings. The molecule has 1 aromatic rings. The van der Waals surface area contributed by atoms with Crippen LogP contribution >= 0.6 is 0 Å². The van der Waals surface area contributed by atoms with E-state index in [0.29, 0.717) is 0 Å². The molecule has 0 spiro atoms. The van der Waals surface area contributed by atoms with Crippen LogP contribution in [0.2, 0.25) is 0 Å². The van der Waals surface area contributed by atoms with Gasteiger partial charge in [-0.05, 0) is 31.0 Å². The van der Waals surface area contributed by atoms with Crippen molar-refractivity contribution in [3.8, 4) is 0 Å². The maximum atomic E-state index is 12.9. The molecule has 0 bridgehead atoms. The van der Waals surface area contributed by atoms with Gasteiger partial charge in [0.2, 0.25) is 0 Å². The second kappa shape index (κ2) is 5.49. The Hall–Kier alpha value is -1.58. The molecular formula is C12H16FNO2. The number of rotatable bonds is 4. The summed E-state index contributed by atoms with van der Waals surface area (Å²) < 4.78 is 18.1. The molecule has 2 N–H and O–H groups in total. The lowest BCUT2D eigenvalue weighted by atomic mass is 10.1. The van der Waals surface area contributed by atoms with E-state index < -0.39 is 11.8 Å². The molecule has 1 aromatic carbocycles. The van der Waals surface area contributed by atoms with E-state index in [1.165, 1.54) is 12.1 Å². The van der Waals surface area contributed by atoms with Gasteiger partial charge in [-0.15, -0.1) is 0 Å². The molecule has 16 heavy (non-hydrogen) atoms. The topological polar surface area (TPSA) is 52.3 Å². The third-order valence-electron chi connectivity index (χ3n) is 2.42. The number of carbonyl (C=O) groups is 1. The number of hydrogen-bond donors (Lipinski definition) is 1. The molecule has 0 unspecified atom stereocenters. The van der Waals surface area contributed by atoms with Crippen LogP contribution in [0.4, 0.5) is 10.1 Å². The molecule has 0 aromatic heterocycles. The largest absolute Gasteiger partial charge is 0.459 e. The number of nitrogens with two attached hydrogens (primary N) is 1. The van der Waals surface area contributed by atoms with E-state index in [4.69, 9.17) is 10.5 Å². The number of ether oxygens (including phenoxy) is 1. The van der Waals surface area contributed by atoms with Crippen molar-refractivity contribution in [3.05, 3.63) is 29.6 Å². The van der Waals surface area contributed by atoms with Crippen molar-refractivity contribution in [2.75, 3.05) is 5.73 Å². The first-order valence-corrected chi connectivity index (χ1v) is 5.34. The Balaban J connectivity index is 2.83. The highest BCUT2D eigenvalue weighted by atomic mass is 19.1. The monoisotopic (exact) mass is 225 g/mol. The summed E-state index contributed by atoms with van der Waals surface area (Å²) in [5.74, 6) is -1.06. The highest BCUT2D eigenvalue weighted by Crippen LogP contribution is 2.16. The van der Waals surface area contributed by atoms with Crippen LogP contribution in [0.25, 0.3) is 0 Å². The highest BCUT2D eigenvalue weighted by molar-refractivity contribution is 5.95. The molecule has 0 aliphatic carbocycles. The first kappa shape index (κ1) is 12.5. The van der Waals surface area contributed by atoms with Crippen LogP contribution in [0, 0.1) is 5.82 Å². The summed E-state index contributed by atoms with van der Waals surface area (Å²) in [5, 5.41) is 0. The molecule has 1 rings (SSSR count). The van der Waals surface area contributed by atoms with E-state index >= 15 is 0 Å². The van der Waals surface area contributed by atoms with Crippen LogP contribution in [-0.4, -0.2) is 12.1 Å². The molecule has 0 saturated carbocycles. The average Bonchev–Trinajstić information content (AvgIpc) is 2.28. The van der Waals surface area contributed by atoms with Crippen LogP contribution < -0.4 is 5.73 Å². The van der Waals surface area contributed by atoms with Crippen LogP contribution in [0.15, 0.2) is 18.2 Å². The fraction of sp³-hybridized carbons (Fsp3) is 0.417. The molecule has 88 valence electrons. The van der Waals surface area contributed by atoms with E-state index in [2.05, 4.69) is 0 Å². The van der Waals surface area contributed by atoms with Gasteiger partial charge in [0.15, 0.2) is 0 Å². The summed E-state index contributed by atoms with van der Waals surface area (Å²) in [6, 6.07) is 3.67. The smallest absolute Gasteiger partial charge is 0.340 e. The molecular weight excluding hydrogens is 209 g/mol. The Morgan fingerprint density at radius 1 is 1.44 bits per heavy atom. The van der Waals surface area contributed by atoms with Crippen molar-refractivity contribution in [2.45, 2.75) is 32.8 Å². The van der Waals surface area contributed by atoms with Gasteiger partial charge in [0.1, 0.15) is 11.9 Å². The van der Waals surface area contributed by atoms with Crippen molar-refractivity contribution in [2.24, 2.45) is 0 Å². The Kier molecular flexibility index (Phi) is 4.28. The number of benzene rings is 1. The lowest BCUT2D eigenvalue weighted by Crippen LogP contribution is -2.17. The normalized spacial score (nSPS) is 10.5. The van der Waals surface area contributed by atoms with E-state index in [0.717, 1.165) is 18.9 Å². The van der Waals surface area contributed by atoms with E-state index in [-0.39, 0.29) is 17.4 Å². The summed E-state index contributed by atoms with van der Waals surface area (Å²) >= 11 is 0. The molecule has 0 heterocycles. The Morgan fingerprint density at radius 3 is 2.62 bits per heavy atom. The van der Waals surface area contributed by atoms with E-state index in [1.54, 1.807) is 0 Å². The van der Waals surface area contributed by atoms with Crippen LogP contribution in [-0.2, 0) is 4.74 Å². The zero-order chi connectivity index (χ0) is 12.1. The van der Waals surface area contributed by atoms with Gasteiger partial charge in [0.25, 0.3) is 0 Å². The lowest BCUT2D eigenvalue weighted by Gasteiger charge is -2.14. The minimum absolute atomic E-state index is 0.0897. The molecule has 3 nitrogen and oxygen atoms in total. The van der Waals surface area contributed by atoms with Gasteiger partial charge < -0.3 is 10.5 Å². The Morgan fingerprint density at radius 2 is 2.06 bits per heavy atom. The standard InChI is InChI=1S/C12H16FNO2/c1-3-9(4-2)16-12(15)10-7-8(13)5-6-11(10)14/h5-7,9H,3-4,14H2,1-2H3. The van der Waals surface area contributed by atoms with Crippen LogP contribution in [0.1, 0.15) is 37.0 Å². The second-order valence-corrected chi connectivity index (χ2v) is 3.58. The number of halogens is 1. The molecule has 0 radical (unpaired) electrons. The Bertz CT molecular complexity index is 375. The van der Waals surface area contributed by atoms with E-state index in [1.807, 2.05) is 13.8 Å². The van der Waals surface area contributed by atoms with Crippen LogP contribution in [0.3, 0.4) is 0 Å². The van der Waals surface area contributed by atoms with Gasteiger partial charge in [-0.1, -0.05) is 13.8 Å². The summed E-state index contributed by atoms with van der Waals surface area (Å²) in [6.45, 7) is 3.85. The van der Waals surface area contributed by atoms with Crippen molar-refractivity contribution in [1.29, 1.82) is 0 Å². The third kappa shape index (κ3) is 2.95. The van der Waals surface area contributed by atoms with Crippen LogP contribution in [0.5, 0.6) is 0 Å². The summed E-state index contributed by atoms with van der Waals surface area (Å²) in [4.78, 5) is 11.7. The Labute approximate surface area is 94.4 Å². The van der Waals surface area contributed by atoms with Crippen molar-refractivity contribution in [1.82, 2.24) is 0 Å². The molecule has 0 saturated heterocycles. The number of nitrogen functional groups attached to an aromatic ring is 1.